The highest BCUT2D eigenvalue weighted by molar-refractivity contribution is 6.10. The Bertz CT molecular complexity index is 1190. The topological polar surface area (TPSA) is 78.5 Å². The molecule has 30 heavy (non-hydrogen) atoms. The number of benzene rings is 3. The summed E-state index contributed by atoms with van der Waals surface area (Å²) in [5, 5.41) is 7.75. The minimum absolute atomic E-state index is 0.318. The third kappa shape index (κ3) is 2.92. The van der Waals surface area contributed by atoms with Crippen molar-refractivity contribution in [1.29, 1.82) is 0 Å². The van der Waals surface area contributed by atoms with Crippen LogP contribution in [0.5, 0.6) is 0 Å². The lowest BCUT2D eigenvalue weighted by Crippen LogP contribution is -2.47. The van der Waals surface area contributed by atoms with Crippen LogP contribution in [0.25, 0.3) is 10.8 Å². The summed E-state index contributed by atoms with van der Waals surface area (Å²) in [6.45, 7) is -0.318. The lowest BCUT2D eigenvalue weighted by atomic mass is 9.76. The summed E-state index contributed by atoms with van der Waals surface area (Å²) in [5.41, 5.74) is 1.48. The highest BCUT2D eigenvalue weighted by Gasteiger charge is 2.54. The monoisotopic (exact) mass is 399 g/mol. The summed E-state index contributed by atoms with van der Waals surface area (Å²) < 4.78 is 0. The number of carbonyl (C=O) groups is 3. The van der Waals surface area contributed by atoms with Gasteiger partial charge in [-0.1, -0.05) is 54.6 Å². The zero-order valence-corrected chi connectivity index (χ0v) is 16.4. The Morgan fingerprint density at radius 3 is 2.63 bits per heavy atom. The van der Waals surface area contributed by atoms with Gasteiger partial charge in [-0.15, -0.1) is 0 Å². The van der Waals surface area contributed by atoms with E-state index in [2.05, 4.69) is 10.6 Å². The maximum absolute atomic E-state index is 13.3. The third-order valence-corrected chi connectivity index (χ3v) is 5.99. The molecule has 6 nitrogen and oxygen atoms in total. The van der Waals surface area contributed by atoms with Crippen molar-refractivity contribution in [2.45, 2.75) is 24.8 Å². The van der Waals surface area contributed by atoms with Gasteiger partial charge in [0.05, 0.1) is 0 Å². The molecule has 1 heterocycles. The minimum atomic E-state index is -1.06. The fourth-order valence-corrected chi connectivity index (χ4v) is 4.57. The van der Waals surface area contributed by atoms with Crippen molar-refractivity contribution in [2.75, 3.05) is 11.9 Å². The minimum Gasteiger partial charge on any atom is -0.325 e. The molecule has 1 aliphatic heterocycles. The second-order valence-corrected chi connectivity index (χ2v) is 7.85. The first-order valence-corrected chi connectivity index (χ1v) is 10.1. The van der Waals surface area contributed by atoms with Crippen molar-refractivity contribution < 1.29 is 14.4 Å². The number of carbonyl (C=O) groups excluding carboxylic acids is 3. The van der Waals surface area contributed by atoms with Gasteiger partial charge in [0.15, 0.2) is 0 Å². The highest BCUT2D eigenvalue weighted by Crippen LogP contribution is 2.39. The van der Waals surface area contributed by atoms with Gasteiger partial charge in [0.25, 0.3) is 5.91 Å². The molecule has 0 saturated carbocycles. The molecule has 1 saturated heterocycles. The van der Waals surface area contributed by atoms with Crippen molar-refractivity contribution in [3.05, 3.63) is 77.9 Å². The molecule has 6 heteroatoms. The lowest BCUT2D eigenvalue weighted by molar-refractivity contribution is -0.134. The molecule has 150 valence electrons. The highest BCUT2D eigenvalue weighted by atomic mass is 16.2. The quantitative estimate of drug-likeness (QED) is 0.661. The molecule has 2 aliphatic rings. The number of fused-ring (bicyclic) bond motifs is 3. The van der Waals surface area contributed by atoms with Crippen molar-refractivity contribution >= 4 is 34.3 Å². The van der Waals surface area contributed by atoms with Gasteiger partial charge in [0.2, 0.25) is 5.91 Å². The molecule has 1 atom stereocenters. The molecule has 1 spiro atoms. The van der Waals surface area contributed by atoms with E-state index in [1.165, 1.54) is 0 Å². The summed E-state index contributed by atoms with van der Waals surface area (Å²) in [7, 11) is 0. The molecule has 1 aliphatic carbocycles. The van der Waals surface area contributed by atoms with Gasteiger partial charge in [-0.25, -0.2) is 4.79 Å². The van der Waals surface area contributed by atoms with Crippen molar-refractivity contribution in [1.82, 2.24) is 10.2 Å². The molecular weight excluding hydrogens is 378 g/mol. The predicted octanol–water partition coefficient (Wildman–Crippen LogP) is 3.56. The van der Waals surface area contributed by atoms with Crippen LogP contribution >= 0.6 is 0 Å². The van der Waals surface area contributed by atoms with Crippen molar-refractivity contribution in [2.24, 2.45) is 0 Å². The Morgan fingerprint density at radius 2 is 1.77 bits per heavy atom. The molecule has 1 fully saturated rings. The van der Waals surface area contributed by atoms with Gasteiger partial charge in [0.1, 0.15) is 12.1 Å². The number of nitrogens with zero attached hydrogens (tertiary/aromatic N) is 1. The Morgan fingerprint density at radius 1 is 1.00 bits per heavy atom. The number of urea groups is 1. The molecule has 0 unspecified atom stereocenters. The number of hydrogen-bond acceptors (Lipinski definition) is 3. The second-order valence-electron chi connectivity index (χ2n) is 7.85. The van der Waals surface area contributed by atoms with Gasteiger partial charge >= 0.3 is 6.03 Å². The van der Waals surface area contributed by atoms with Crippen LogP contribution in [-0.4, -0.2) is 29.3 Å². The van der Waals surface area contributed by atoms with Crippen LogP contribution in [0.4, 0.5) is 10.5 Å². The average molecular weight is 399 g/mol. The second kappa shape index (κ2) is 6.99. The van der Waals surface area contributed by atoms with Gasteiger partial charge < -0.3 is 10.6 Å². The lowest BCUT2D eigenvalue weighted by Gasteiger charge is -2.33. The van der Waals surface area contributed by atoms with E-state index in [4.69, 9.17) is 0 Å². The van der Waals surface area contributed by atoms with E-state index in [1.807, 2.05) is 66.7 Å². The normalized spacial score (nSPS) is 20.3. The Kier molecular flexibility index (Phi) is 4.28. The maximum Gasteiger partial charge on any atom is 0.325 e. The Hall–Kier alpha value is -3.67. The molecular formula is C24H21N3O3. The van der Waals surface area contributed by atoms with Crippen molar-refractivity contribution in [3.8, 4) is 0 Å². The number of nitrogens with one attached hydrogen (secondary N) is 2. The zero-order chi connectivity index (χ0) is 20.7. The van der Waals surface area contributed by atoms with E-state index in [9.17, 15) is 14.4 Å². The first-order valence-electron chi connectivity index (χ1n) is 10.1. The van der Waals surface area contributed by atoms with Crippen LogP contribution in [0.3, 0.4) is 0 Å². The summed E-state index contributed by atoms with van der Waals surface area (Å²) in [6, 6.07) is 20.6. The van der Waals surface area contributed by atoms with Gasteiger partial charge in [-0.05, 0) is 53.3 Å². The van der Waals surface area contributed by atoms with E-state index in [1.54, 1.807) is 0 Å². The fourth-order valence-electron chi connectivity index (χ4n) is 4.57. The summed E-state index contributed by atoms with van der Waals surface area (Å²) in [5.74, 6) is -0.761. The fraction of sp³-hybridized carbons (Fsp3) is 0.208. The smallest absolute Gasteiger partial charge is 0.325 e. The molecule has 3 aromatic carbocycles. The molecule has 3 aromatic rings. The van der Waals surface area contributed by atoms with E-state index < -0.39 is 17.5 Å². The van der Waals surface area contributed by atoms with Gasteiger partial charge in [0, 0.05) is 5.69 Å². The predicted molar refractivity (Wildman–Crippen MR) is 114 cm³/mol. The standard InChI is InChI=1S/C24H21N3O3/c28-21(25-19-12-11-16-6-1-2-8-18(16)14-19)15-27-22(29)24(26-23(27)30)13-5-9-17-7-3-4-10-20(17)24/h1-4,6-8,10-12,14H,5,9,13,15H2,(H,25,28)(H,26,30)/t24-/m1/s1. The number of amides is 4. The van der Waals surface area contributed by atoms with Crippen molar-refractivity contribution in [3.63, 3.8) is 0 Å². The van der Waals surface area contributed by atoms with Gasteiger partial charge in [-0.3, -0.25) is 14.5 Å². The largest absolute Gasteiger partial charge is 0.325 e. The zero-order valence-electron chi connectivity index (χ0n) is 16.4. The average Bonchev–Trinajstić information content (AvgIpc) is 2.98. The molecule has 0 radical (unpaired) electrons. The maximum atomic E-state index is 13.3. The van der Waals surface area contributed by atoms with Crippen LogP contribution < -0.4 is 10.6 Å². The Balaban J connectivity index is 1.36. The van der Waals surface area contributed by atoms with Crippen LogP contribution in [0.15, 0.2) is 66.7 Å². The SMILES string of the molecule is O=C(CN1C(=O)N[C@@]2(CCCc3ccccc32)C1=O)Nc1ccc2ccccc2c1. The summed E-state index contributed by atoms with van der Waals surface area (Å²) >= 11 is 0. The van der Waals surface area contributed by atoms with E-state index in [-0.39, 0.29) is 12.5 Å². The number of aryl methyl sites for hydroxylation is 1. The van der Waals surface area contributed by atoms with E-state index >= 15 is 0 Å². The van der Waals surface area contributed by atoms with Crippen LogP contribution in [0.2, 0.25) is 0 Å². The number of imide groups is 1. The first-order chi connectivity index (χ1) is 14.6. The number of hydrogen-bond donors (Lipinski definition) is 2. The third-order valence-electron chi connectivity index (χ3n) is 5.99. The van der Waals surface area contributed by atoms with E-state index in [0.717, 1.165) is 39.6 Å². The van der Waals surface area contributed by atoms with Crippen LogP contribution in [0, 0.1) is 0 Å². The first kappa shape index (κ1) is 18.4. The van der Waals surface area contributed by atoms with Crippen LogP contribution in [0.1, 0.15) is 24.0 Å². The molecule has 5 rings (SSSR count). The Labute approximate surface area is 173 Å². The molecule has 2 N–H and O–H groups in total. The van der Waals surface area contributed by atoms with Crippen LogP contribution in [-0.2, 0) is 21.5 Å². The summed E-state index contributed by atoms with van der Waals surface area (Å²) in [4.78, 5) is 39.6. The van der Waals surface area contributed by atoms with Gasteiger partial charge in [-0.2, -0.15) is 0 Å². The molecule has 0 aromatic heterocycles. The molecule has 0 bridgehead atoms. The summed E-state index contributed by atoms with van der Waals surface area (Å²) in [6.07, 6.45) is 2.22. The van der Waals surface area contributed by atoms with E-state index in [0.29, 0.717) is 12.1 Å². The molecule has 4 amide bonds. The number of anilines is 1. The number of rotatable bonds is 3.